The van der Waals surface area contributed by atoms with Crippen LogP contribution in [0, 0.1) is 6.92 Å². The highest BCUT2D eigenvalue weighted by Gasteiger charge is 2.02. The average molecular weight is 246 g/mol. The summed E-state index contributed by atoms with van der Waals surface area (Å²) in [6.45, 7) is 6.97. The number of fused-ring (bicyclic) bond motifs is 1. The second kappa shape index (κ2) is 6.03. The van der Waals surface area contributed by atoms with Crippen molar-refractivity contribution in [1.29, 1.82) is 0 Å². The number of aromatic nitrogens is 1. The number of hydrogen-bond acceptors (Lipinski definition) is 2. The Morgan fingerprint density at radius 3 is 2.94 bits per heavy atom. The van der Waals surface area contributed by atoms with Crippen molar-refractivity contribution in [3.8, 4) is 0 Å². The van der Waals surface area contributed by atoms with Crippen LogP contribution in [0.2, 0.25) is 0 Å². The summed E-state index contributed by atoms with van der Waals surface area (Å²) < 4.78 is 7.40. The second-order valence-corrected chi connectivity index (χ2v) is 4.88. The molecule has 1 aromatic carbocycles. The zero-order chi connectivity index (χ0) is 13.0. The Morgan fingerprint density at radius 2 is 2.17 bits per heavy atom. The van der Waals surface area contributed by atoms with Crippen LogP contribution in [-0.2, 0) is 11.3 Å². The molecule has 1 unspecified atom stereocenters. The van der Waals surface area contributed by atoms with Gasteiger partial charge in [0.15, 0.2) is 0 Å². The third-order valence-electron chi connectivity index (χ3n) is 3.19. The van der Waals surface area contributed by atoms with E-state index in [1.54, 1.807) is 7.11 Å². The Kier molecular flexibility index (Phi) is 4.39. The van der Waals surface area contributed by atoms with Gasteiger partial charge in [-0.05, 0) is 37.4 Å². The molecule has 0 amide bonds. The first kappa shape index (κ1) is 13.1. The molecule has 1 atom stereocenters. The van der Waals surface area contributed by atoms with Crippen LogP contribution in [0.5, 0.6) is 0 Å². The number of methoxy groups -OCH3 is 1. The number of benzene rings is 1. The van der Waals surface area contributed by atoms with Crippen molar-refractivity contribution in [2.24, 2.45) is 0 Å². The van der Waals surface area contributed by atoms with Gasteiger partial charge in [0, 0.05) is 38.0 Å². The Labute approximate surface area is 109 Å². The summed E-state index contributed by atoms with van der Waals surface area (Å²) in [5.41, 5.74) is 2.62. The summed E-state index contributed by atoms with van der Waals surface area (Å²) >= 11 is 0. The lowest BCUT2D eigenvalue weighted by molar-refractivity contribution is 0.172. The Hall–Kier alpha value is -1.32. The van der Waals surface area contributed by atoms with E-state index in [1.807, 2.05) is 0 Å². The van der Waals surface area contributed by atoms with Gasteiger partial charge < -0.3 is 14.6 Å². The summed E-state index contributed by atoms with van der Waals surface area (Å²) in [6, 6.07) is 9.18. The van der Waals surface area contributed by atoms with E-state index < -0.39 is 0 Å². The number of rotatable bonds is 6. The fraction of sp³-hybridized carbons (Fsp3) is 0.467. The van der Waals surface area contributed by atoms with Crippen LogP contribution in [0.15, 0.2) is 30.5 Å². The van der Waals surface area contributed by atoms with E-state index in [2.05, 4.69) is 54.2 Å². The SMILES string of the molecule is COCC(C)NCCn1ccc2cc(C)ccc21. The van der Waals surface area contributed by atoms with Crippen LogP contribution in [0.1, 0.15) is 12.5 Å². The van der Waals surface area contributed by atoms with Gasteiger partial charge in [0.1, 0.15) is 0 Å². The quantitative estimate of drug-likeness (QED) is 0.848. The third kappa shape index (κ3) is 3.12. The first-order valence-electron chi connectivity index (χ1n) is 6.48. The number of ether oxygens (including phenoxy) is 1. The lowest BCUT2D eigenvalue weighted by atomic mass is 10.2. The molecule has 0 fully saturated rings. The zero-order valence-electron chi connectivity index (χ0n) is 11.4. The molecule has 0 saturated heterocycles. The second-order valence-electron chi connectivity index (χ2n) is 4.88. The van der Waals surface area contributed by atoms with E-state index in [-0.39, 0.29) is 0 Å². The third-order valence-corrected chi connectivity index (χ3v) is 3.19. The van der Waals surface area contributed by atoms with Gasteiger partial charge in [0.2, 0.25) is 0 Å². The molecule has 0 aliphatic heterocycles. The fourth-order valence-corrected chi connectivity index (χ4v) is 2.25. The Bertz CT molecular complexity index is 504. The zero-order valence-corrected chi connectivity index (χ0v) is 11.4. The van der Waals surface area contributed by atoms with Crippen LogP contribution in [0.25, 0.3) is 10.9 Å². The number of aryl methyl sites for hydroxylation is 1. The topological polar surface area (TPSA) is 26.2 Å². The molecule has 0 radical (unpaired) electrons. The van der Waals surface area contributed by atoms with Crippen molar-refractivity contribution in [2.45, 2.75) is 26.4 Å². The molecule has 1 N–H and O–H groups in total. The summed E-state index contributed by atoms with van der Waals surface area (Å²) in [7, 11) is 1.74. The van der Waals surface area contributed by atoms with Gasteiger partial charge >= 0.3 is 0 Å². The van der Waals surface area contributed by atoms with Crippen molar-refractivity contribution >= 4 is 10.9 Å². The molecule has 0 spiro atoms. The summed E-state index contributed by atoms with van der Waals surface area (Å²) in [4.78, 5) is 0. The van der Waals surface area contributed by atoms with Crippen LogP contribution in [0.3, 0.4) is 0 Å². The normalized spacial score (nSPS) is 13.1. The van der Waals surface area contributed by atoms with Gasteiger partial charge in [0.25, 0.3) is 0 Å². The van der Waals surface area contributed by atoms with E-state index in [0.29, 0.717) is 6.04 Å². The number of hydrogen-bond donors (Lipinski definition) is 1. The monoisotopic (exact) mass is 246 g/mol. The van der Waals surface area contributed by atoms with Crippen LogP contribution in [0.4, 0.5) is 0 Å². The van der Waals surface area contributed by atoms with Gasteiger partial charge in [-0.15, -0.1) is 0 Å². The molecule has 18 heavy (non-hydrogen) atoms. The molecule has 2 rings (SSSR count). The summed E-state index contributed by atoms with van der Waals surface area (Å²) in [5, 5.41) is 4.77. The fourth-order valence-electron chi connectivity index (χ4n) is 2.25. The maximum absolute atomic E-state index is 5.11. The van der Waals surface area contributed by atoms with Crippen molar-refractivity contribution in [2.75, 3.05) is 20.3 Å². The lowest BCUT2D eigenvalue weighted by Gasteiger charge is -2.13. The van der Waals surface area contributed by atoms with Gasteiger partial charge in [-0.2, -0.15) is 0 Å². The first-order chi connectivity index (χ1) is 8.70. The minimum Gasteiger partial charge on any atom is -0.383 e. The minimum absolute atomic E-state index is 0.402. The van der Waals surface area contributed by atoms with E-state index in [0.717, 1.165) is 19.7 Å². The molecule has 1 heterocycles. The van der Waals surface area contributed by atoms with E-state index in [1.165, 1.54) is 16.5 Å². The molecule has 0 aliphatic rings. The van der Waals surface area contributed by atoms with Gasteiger partial charge in [-0.3, -0.25) is 0 Å². The maximum Gasteiger partial charge on any atom is 0.0613 e. The standard InChI is InChI=1S/C15H22N2O/c1-12-4-5-15-14(10-12)6-8-17(15)9-7-16-13(2)11-18-3/h4-6,8,10,13,16H,7,9,11H2,1-3H3. The Balaban J connectivity index is 1.96. The van der Waals surface area contributed by atoms with Gasteiger partial charge in [-0.1, -0.05) is 11.6 Å². The van der Waals surface area contributed by atoms with Crippen molar-refractivity contribution in [3.05, 3.63) is 36.0 Å². The molecule has 98 valence electrons. The molecular weight excluding hydrogens is 224 g/mol. The van der Waals surface area contributed by atoms with Crippen molar-refractivity contribution in [3.63, 3.8) is 0 Å². The summed E-state index contributed by atoms with van der Waals surface area (Å²) in [6.07, 6.45) is 2.16. The van der Waals surface area contributed by atoms with Crippen molar-refractivity contribution < 1.29 is 4.74 Å². The highest BCUT2D eigenvalue weighted by atomic mass is 16.5. The number of nitrogens with zero attached hydrogens (tertiary/aromatic N) is 1. The highest BCUT2D eigenvalue weighted by Crippen LogP contribution is 2.16. The van der Waals surface area contributed by atoms with Crippen LogP contribution < -0.4 is 5.32 Å². The molecule has 2 aromatic rings. The number of nitrogens with one attached hydrogen (secondary N) is 1. The molecule has 3 nitrogen and oxygen atoms in total. The molecule has 0 bridgehead atoms. The highest BCUT2D eigenvalue weighted by molar-refractivity contribution is 5.80. The van der Waals surface area contributed by atoms with Gasteiger partial charge in [0.05, 0.1) is 6.61 Å². The molecule has 3 heteroatoms. The Morgan fingerprint density at radius 1 is 1.33 bits per heavy atom. The maximum atomic E-state index is 5.11. The lowest BCUT2D eigenvalue weighted by Crippen LogP contribution is -2.32. The van der Waals surface area contributed by atoms with E-state index in [4.69, 9.17) is 4.74 Å². The predicted octanol–water partition coefficient (Wildman–Crippen LogP) is 2.57. The van der Waals surface area contributed by atoms with Crippen LogP contribution in [-0.4, -0.2) is 30.9 Å². The van der Waals surface area contributed by atoms with Crippen LogP contribution >= 0.6 is 0 Å². The van der Waals surface area contributed by atoms with Gasteiger partial charge in [-0.25, -0.2) is 0 Å². The smallest absolute Gasteiger partial charge is 0.0613 e. The van der Waals surface area contributed by atoms with Crippen molar-refractivity contribution in [1.82, 2.24) is 9.88 Å². The summed E-state index contributed by atoms with van der Waals surface area (Å²) in [5.74, 6) is 0. The molecule has 0 aliphatic carbocycles. The molecular formula is C15H22N2O. The average Bonchev–Trinajstić information content (AvgIpc) is 2.72. The first-order valence-corrected chi connectivity index (χ1v) is 6.48. The van der Waals surface area contributed by atoms with E-state index >= 15 is 0 Å². The molecule has 0 saturated carbocycles. The predicted molar refractivity (Wildman–Crippen MR) is 76.0 cm³/mol. The largest absolute Gasteiger partial charge is 0.383 e. The molecule has 1 aromatic heterocycles. The minimum atomic E-state index is 0.402. The van der Waals surface area contributed by atoms with E-state index in [9.17, 15) is 0 Å².